The number of rotatable bonds is 18. The van der Waals surface area contributed by atoms with Crippen molar-refractivity contribution in [2.45, 2.75) is 90.2 Å². The van der Waals surface area contributed by atoms with E-state index in [4.69, 9.17) is 18.3 Å². The van der Waals surface area contributed by atoms with E-state index in [1.165, 1.54) is 20.7 Å². The van der Waals surface area contributed by atoms with Crippen LogP contribution in [-0.4, -0.2) is 48.0 Å². The summed E-state index contributed by atoms with van der Waals surface area (Å²) in [6.45, 7) is 16.6. The number of hydrogen-bond donors (Lipinski definition) is 0. The Hall–Kier alpha value is -2.89. The maximum atomic E-state index is 12.8. The summed E-state index contributed by atoms with van der Waals surface area (Å²) >= 11 is 0. The molecule has 0 aliphatic carbocycles. The molecule has 0 fully saturated rings. The molecule has 57 heavy (non-hydrogen) atoms. The first kappa shape index (κ1) is 48.5. The molecule has 0 aliphatic rings. The van der Waals surface area contributed by atoms with Crippen LogP contribution < -0.4 is 33.2 Å². The summed E-state index contributed by atoms with van der Waals surface area (Å²) in [6, 6.07) is 53.0. The van der Waals surface area contributed by atoms with Crippen molar-refractivity contribution in [2.75, 3.05) is 13.2 Å². The predicted molar refractivity (Wildman–Crippen MR) is 231 cm³/mol. The van der Waals surface area contributed by atoms with Gasteiger partial charge in [-0.05, 0) is 49.7 Å². The molecule has 0 amide bonds. The Morgan fingerprint density at radius 3 is 1.37 bits per heavy atom. The molecule has 0 spiro atoms. The van der Waals surface area contributed by atoms with Crippen molar-refractivity contribution in [1.82, 2.24) is 0 Å². The van der Waals surface area contributed by atoms with Crippen LogP contribution in [0.1, 0.15) is 66.9 Å². The fraction of sp³-hybridized carbons (Fsp3) is 0.333. The molecule has 0 aliphatic heterocycles. The Morgan fingerprint density at radius 2 is 0.982 bits per heavy atom. The largest absolute Gasteiger partial charge is 1.00 e. The van der Waals surface area contributed by atoms with Crippen LogP contribution in [0, 0.1) is 6.42 Å². The first-order chi connectivity index (χ1) is 26.4. The fourth-order valence-corrected chi connectivity index (χ4v) is 16.9. The third kappa shape index (κ3) is 12.1. The van der Waals surface area contributed by atoms with Crippen LogP contribution in [0.4, 0.5) is 0 Å². The molecular weight excluding hydrogens is 949 g/mol. The van der Waals surface area contributed by atoms with E-state index >= 15 is 0 Å². The summed E-state index contributed by atoms with van der Waals surface area (Å²) in [4.78, 5) is 12.8. The van der Waals surface area contributed by atoms with Crippen LogP contribution in [0.3, 0.4) is 0 Å². The topological polar surface area (TPSA) is 54.0 Å². The number of carbonyl (C=O) groups is 1. The van der Waals surface area contributed by atoms with E-state index < -0.39 is 28.8 Å². The summed E-state index contributed by atoms with van der Waals surface area (Å²) in [7, 11) is -6.03. The molecule has 0 saturated heterocycles. The smallest absolute Gasteiger partial charge is 1.00 e. The molecule has 9 heteroatoms. The van der Waals surface area contributed by atoms with Gasteiger partial charge in [0.15, 0.2) is 0 Å². The second kappa shape index (κ2) is 22.5. The molecule has 0 unspecified atom stereocenters. The molecule has 5 nitrogen and oxygen atoms in total. The zero-order valence-corrected chi connectivity index (χ0v) is 43.1. The first-order valence-corrected chi connectivity index (χ1v) is 23.4. The van der Waals surface area contributed by atoms with Crippen molar-refractivity contribution in [3.63, 3.8) is 0 Å². The standard InChI is InChI=1S/C48H59O5Si2.ClH.Hg/c1-8-50-46(49)35-34-40(51-37-39-24-14-9-15-25-39)36-41(53-55(48(5,6)7,44-30-20-12-21-31-44)45-32-22-13-23-33-45)38-52-54(47(2,3)4,42-26-16-10-17-27-42)43-28-18-11-19-29-43;;/h9-33,36,40-41H,8,34-35,37-38H2,1-7H3;1H;/q;;+1/p-1/t40-,41-;;/m0../s1. The molecule has 298 valence electrons. The van der Waals surface area contributed by atoms with Gasteiger partial charge >= 0.3 is 33.6 Å². The average Bonchev–Trinajstić information content (AvgIpc) is 3.19. The third-order valence-corrected chi connectivity index (χ3v) is 20.4. The Labute approximate surface area is 371 Å². The van der Waals surface area contributed by atoms with Gasteiger partial charge in [-0.3, -0.25) is 4.79 Å². The number of carbonyl (C=O) groups excluding carboxylic acids is 1. The van der Waals surface area contributed by atoms with Crippen molar-refractivity contribution in [3.05, 3.63) is 164 Å². The molecular formula is C48H59ClHgO5Si2. The molecule has 5 rings (SSSR count). The van der Waals surface area contributed by atoms with Gasteiger partial charge in [0.1, 0.15) is 0 Å². The molecule has 0 aromatic heterocycles. The molecule has 0 N–H and O–H groups in total. The van der Waals surface area contributed by atoms with E-state index in [1.807, 2.05) is 25.1 Å². The van der Waals surface area contributed by atoms with Crippen molar-refractivity contribution in [1.29, 1.82) is 0 Å². The van der Waals surface area contributed by atoms with Crippen LogP contribution >= 0.6 is 0 Å². The van der Waals surface area contributed by atoms with Crippen LogP contribution in [-0.2, 0) is 57.4 Å². The van der Waals surface area contributed by atoms with E-state index in [-0.39, 0.29) is 62.5 Å². The molecule has 5 aromatic rings. The maximum absolute atomic E-state index is 12.8. The summed E-state index contributed by atoms with van der Waals surface area (Å²) in [6.07, 6.45) is 1.92. The Morgan fingerprint density at radius 1 is 0.596 bits per heavy atom. The third-order valence-electron chi connectivity index (χ3n) is 10.3. The van der Waals surface area contributed by atoms with Gasteiger partial charge in [-0.25, -0.2) is 0 Å². The van der Waals surface area contributed by atoms with Gasteiger partial charge in [-0.2, -0.15) is 0 Å². The Kier molecular flexibility index (Phi) is 19.1. The fourth-order valence-electron chi connectivity index (χ4n) is 7.76. The second-order valence-corrected chi connectivity index (χ2v) is 24.7. The molecule has 2 atom stereocenters. The normalized spacial score (nSPS) is 13.1. The Bertz CT molecular complexity index is 1790. The zero-order valence-electron chi connectivity index (χ0n) is 34.8. The van der Waals surface area contributed by atoms with E-state index in [9.17, 15) is 4.79 Å². The van der Waals surface area contributed by atoms with Gasteiger partial charge in [0.25, 0.3) is 16.6 Å². The number of ether oxygens (including phenoxy) is 2. The van der Waals surface area contributed by atoms with Crippen LogP contribution in [0.15, 0.2) is 152 Å². The quantitative estimate of drug-likeness (QED) is 0.0842. The van der Waals surface area contributed by atoms with Gasteiger partial charge in [0, 0.05) is 12.8 Å². The minimum atomic E-state index is -3.07. The number of esters is 1. The average molecular weight is 1010 g/mol. The van der Waals surface area contributed by atoms with Gasteiger partial charge in [0.2, 0.25) is 0 Å². The van der Waals surface area contributed by atoms with E-state index in [1.54, 1.807) is 0 Å². The summed E-state index contributed by atoms with van der Waals surface area (Å²) < 4.78 is 27.6. The zero-order chi connectivity index (χ0) is 39.4. The monoisotopic (exact) mass is 1010 g/mol. The van der Waals surface area contributed by atoms with Crippen molar-refractivity contribution in [2.24, 2.45) is 0 Å². The number of halogens is 1. The molecule has 0 heterocycles. The molecule has 5 aromatic carbocycles. The molecule has 0 saturated carbocycles. The van der Waals surface area contributed by atoms with Crippen molar-refractivity contribution in [3.8, 4) is 0 Å². The maximum Gasteiger partial charge on any atom is 1.00 e. The minimum Gasteiger partial charge on any atom is -1.00 e. The first-order valence-electron chi connectivity index (χ1n) is 19.6. The van der Waals surface area contributed by atoms with E-state index in [0.29, 0.717) is 26.2 Å². The van der Waals surface area contributed by atoms with E-state index in [2.05, 4.69) is 181 Å². The van der Waals surface area contributed by atoms with Crippen molar-refractivity contribution < 1.29 is 63.2 Å². The van der Waals surface area contributed by atoms with Crippen LogP contribution in [0.2, 0.25) is 10.1 Å². The second-order valence-electron chi connectivity index (χ2n) is 16.2. The van der Waals surface area contributed by atoms with Gasteiger partial charge in [-0.15, -0.1) is 0 Å². The van der Waals surface area contributed by atoms with Gasteiger partial charge < -0.3 is 30.7 Å². The van der Waals surface area contributed by atoms with Gasteiger partial charge in [0.05, 0.1) is 32.0 Å². The Balaban J connectivity index is 0.00000435. The predicted octanol–water partition coefficient (Wildman–Crippen LogP) is 5.64. The van der Waals surface area contributed by atoms with Gasteiger partial charge in [-0.1, -0.05) is 193 Å². The SMILES string of the molecule is CCOC(=O)CC[C@@H]([CH][C@@H](CO[Si](c1ccccc1)(c1ccccc1)C(C)(C)C)O[Si](c1ccccc1)(c1ccccc1)C(C)(C)C)OCc1ccccc1.[Cl-].[Hg+]. The number of hydrogen-bond acceptors (Lipinski definition) is 5. The summed E-state index contributed by atoms with van der Waals surface area (Å²) in [5, 5.41) is 4.28. The molecule has 2 radical (unpaired) electrons. The molecule has 0 bridgehead atoms. The minimum absolute atomic E-state index is 0. The van der Waals surface area contributed by atoms with Crippen molar-refractivity contribution >= 4 is 43.4 Å². The number of benzene rings is 5. The van der Waals surface area contributed by atoms with Crippen LogP contribution in [0.5, 0.6) is 0 Å². The van der Waals surface area contributed by atoms with E-state index in [0.717, 1.165) is 5.56 Å². The summed E-state index contributed by atoms with van der Waals surface area (Å²) in [5.41, 5.74) is 1.06. The summed E-state index contributed by atoms with van der Waals surface area (Å²) in [5.74, 6) is -0.239. The van der Waals surface area contributed by atoms with Crippen LogP contribution in [0.25, 0.3) is 0 Å².